The van der Waals surface area contributed by atoms with Crippen LogP contribution in [-0.4, -0.2) is 27.6 Å². The van der Waals surface area contributed by atoms with Crippen LogP contribution in [-0.2, 0) is 4.79 Å². The number of nitro groups is 1. The molecule has 1 heterocycles. The molecule has 0 unspecified atom stereocenters. The van der Waals surface area contributed by atoms with Crippen LogP contribution < -0.4 is 5.43 Å². The molecule has 1 aliphatic heterocycles. The van der Waals surface area contributed by atoms with E-state index in [4.69, 9.17) is 0 Å². The Morgan fingerprint density at radius 3 is 2.50 bits per heavy atom. The zero-order valence-corrected chi connectivity index (χ0v) is 14.0. The number of nitro benzene ring substituents is 1. The zero-order valence-electron chi connectivity index (χ0n) is 14.0. The number of alkyl halides is 3. The molecule has 0 aromatic heterocycles. The van der Waals surface area contributed by atoms with Crippen molar-refractivity contribution < 1.29 is 22.9 Å². The van der Waals surface area contributed by atoms with Crippen molar-refractivity contribution >= 4 is 22.4 Å². The second-order valence-corrected chi connectivity index (χ2v) is 6.85. The molecule has 9 heteroatoms. The van der Waals surface area contributed by atoms with E-state index in [-0.39, 0.29) is 23.1 Å². The van der Waals surface area contributed by atoms with Gasteiger partial charge in [-0.25, -0.2) is 0 Å². The predicted octanol–water partition coefficient (Wildman–Crippen LogP) is 3.87. The fourth-order valence-electron chi connectivity index (χ4n) is 3.32. The molecule has 0 spiro atoms. The van der Waals surface area contributed by atoms with E-state index >= 15 is 0 Å². The van der Waals surface area contributed by atoms with Crippen LogP contribution in [0, 0.1) is 10.1 Å². The highest BCUT2D eigenvalue weighted by molar-refractivity contribution is 5.91. The van der Waals surface area contributed by atoms with Crippen molar-refractivity contribution in [3.63, 3.8) is 0 Å². The maximum absolute atomic E-state index is 13.8. The molecule has 3 rings (SSSR count). The summed E-state index contributed by atoms with van der Waals surface area (Å²) in [4.78, 5) is 22.2. The Balaban J connectivity index is 2.14. The number of hydrazine groups is 1. The average molecular weight is 367 g/mol. The van der Waals surface area contributed by atoms with Crippen molar-refractivity contribution in [2.45, 2.75) is 38.0 Å². The molecule has 1 aliphatic rings. The molecule has 1 atom stereocenters. The van der Waals surface area contributed by atoms with Crippen molar-refractivity contribution in [2.75, 3.05) is 0 Å². The van der Waals surface area contributed by atoms with Crippen molar-refractivity contribution in [2.24, 2.45) is 0 Å². The molecule has 1 amide bonds. The first-order valence-corrected chi connectivity index (χ1v) is 7.83. The molecule has 1 N–H and O–H groups in total. The van der Waals surface area contributed by atoms with E-state index in [0.717, 1.165) is 5.01 Å². The minimum atomic E-state index is -4.65. The average Bonchev–Trinajstić information content (AvgIpc) is 2.77. The van der Waals surface area contributed by atoms with Crippen LogP contribution in [0.1, 0.15) is 31.9 Å². The van der Waals surface area contributed by atoms with Crippen LogP contribution in [0.3, 0.4) is 0 Å². The van der Waals surface area contributed by atoms with Gasteiger partial charge in [0.2, 0.25) is 5.91 Å². The molecule has 0 bridgehead atoms. The van der Waals surface area contributed by atoms with E-state index in [1.165, 1.54) is 36.4 Å². The molecule has 1 saturated heterocycles. The van der Waals surface area contributed by atoms with Gasteiger partial charge in [0.1, 0.15) is 0 Å². The maximum atomic E-state index is 13.8. The lowest BCUT2D eigenvalue weighted by Gasteiger charge is -2.38. The van der Waals surface area contributed by atoms with Crippen molar-refractivity contribution in [3.8, 4) is 0 Å². The molecule has 0 aliphatic carbocycles. The Kier molecular flexibility index (Phi) is 4.14. The van der Waals surface area contributed by atoms with Gasteiger partial charge < -0.3 is 0 Å². The Hall–Kier alpha value is -2.68. The SMILES string of the molecule is CC1(C)CC(=O)NN1[C@@H](c1ccc2c([N+](=O)[O-])cccc2c1)C(F)(F)F. The summed E-state index contributed by atoms with van der Waals surface area (Å²) in [6, 6.07) is 5.99. The Labute approximate surface area is 146 Å². The summed E-state index contributed by atoms with van der Waals surface area (Å²) in [6.45, 7) is 3.10. The summed E-state index contributed by atoms with van der Waals surface area (Å²) in [5.74, 6) is -0.485. The molecule has 2 aromatic carbocycles. The highest BCUT2D eigenvalue weighted by Gasteiger charge is 2.53. The largest absolute Gasteiger partial charge is 0.409 e. The lowest BCUT2D eigenvalue weighted by Crippen LogP contribution is -2.51. The normalized spacial score (nSPS) is 18.7. The standard InChI is InChI=1S/C17H16F3N3O3/c1-16(2)9-14(24)21-22(16)15(17(18,19)20)11-6-7-12-10(8-11)4-3-5-13(12)23(25)26/h3-8,15H,9H2,1-2H3,(H,21,24)/t15-/m0/s1. The lowest BCUT2D eigenvalue weighted by atomic mass is 9.95. The summed E-state index contributed by atoms with van der Waals surface area (Å²) in [5, 5.41) is 12.6. The second kappa shape index (κ2) is 5.94. The molecular weight excluding hydrogens is 351 g/mol. The van der Waals surface area contributed by atoms with Gasteiger partial charge in [-0.05, 0) is 36.9 Å². The third-order valence-corrected chi connectivity index (χ3v) is 4.45. The fourth-order valence-corrected chi connectivity index (χ4v) is 3.32. The summed E-state index contributed by atoms with van der Waals surface area (Å²) in [6.07, 6.45) is -4.71. The number of fused-ring (bicyclic) bond motifs is 1. The van der Waals surface area contributed by atoms with Crippen LogP contribution in [0.5, 0.6) is 0 Å². The monoisotopic (exact) mass is 367 g/mol. The summed E-state index contributed by atoms with van der Waals surface area (Å²) >= 11 is 0. The van der Waals surface area contributed by atoms with Gasteiger partial charge in [-0.2, -0.15) is 18.2 Å². The number of carbonyl (C=O) groups is 1. The molecule has 0 saturated carbocycles. The zero-order chi connectivity index (χ0) is 19.3. The third-order valence-electron chi connectivity index (χ3n) is 4.45. The van der Waals surface area contributed by atoms with Crippen LogP contribution >= 0.6 is 0 Å². The number of nitrogens with zero attached hydrogens (tertiary/aromatic N) is 2. The quantitative estimate of drug-likeness (QED) is 0.660. The van der Waals surface area contributed by atoms with Crippen LogP contribution in [0.15, 0.2) is 36.4 Å². The van der Waals surface area contributed by atoms with Gasteiger partial charge in [0.15, 0.2) is 6.04 Å². The summed E-state index contributed by atoms with van der Waals surface area (Å²) in [7, 11) is 0. The van der Waals surface area contributed by atoms with Gasteiger partial charge in [0.05, 0.1) is 10.3 Å². The fraction of sp³-hybridized carbons (Fsp3) is 0.353. The maximum Gasteiger partial charge on any atom is 0.409 e. The van der Waals surface area contributed by atoms with Gasteiger partial charge in [-0.1, -0.05) is 18.2 Å². The van der Waals surface area contributed by atoms with Gasteiger partial charge >= 0.3 is 6.18 Å². The van der Waals surface area contributed by atoms with Gasteiger partial charge in [0, 0.05) is 18.0 Å². The van der Waals surface area contributed by atoms with Crippen LogP contribution in [0.2, 0.25) is 0 Å². The van der Waals surface area contributed by atoms with Crippen molar-refractivity contribution in [1.29, 1.82) is 0 Å². The number of hydrogen-bond acceptors (Lipinski definition) is 4. The molecular formula is C17H16F3N3O3. The predicted molar refractivity (Wildman–Crippen MR) is 88.1 cm³/mol. The highest BCUT2D eigenvalue weighted by atomic mass is 19.4. The Morgan fingerprint density at radius 2 is 1.96 bits per heavy atom. The van der Waals surface area contributed by atoms with Gasteiger partial charge in [0.25, 0.3) is 5.69 Å². The lowest BCUT2D eigenvalue weighted by molar-refractivity contribution is -0.383. The van der Waals surface area contributed by atoms with E-state index < -0.39 is 28.6 Å². The van der Waals surface area contributed by atoms with E-state index in [0.29, 0.717) is 5.39 Å². The molecule has 26 heavy (non-hydrogen) atoms. The topological polar surface area (TPSA) is 75.5 Å². The number of non-ortho nitro benzene ring substituents is 1. The first-order valence-electron chi connectivity index (χ1n) is 7.83. The number of halogens is 3. The van der Waals surface area contributed by atoms with E-state index in [2.05, 4.69) is 5.43 Å². The number of amides is 1. The molecule has 2 aromatic rings. The number of benzene rings is 2. The first kappa shape index (κ1) is 18.1. The summed E-state index contributed by atoms with van der Waals surface area (Å²) in [5.41, 5.74) is 0.990. The molecule has 138 valence electrons. The Morgan fingerprint density at radius 1 is 1.27 bits per heavy atom. The van der Waals surface area contributed by atoms with E-state index in [9.17, 15) is 28.1 Å². The number of carbonyl (C=O) groups excluding carboxylic acids is 1. The third kappa shape index (κ3) is 3.10. The van der Waals surface area contributed by atoms with E-state index in [1.54, 1.807) is 13.8 Å². The second-order valence-electron chi connectivity index (χ2n) is 6.85. The van der Waals surface area contributed by atoms with Crippen LogP contribution in [0.4, 0.5) is 18.9 Å². The van der Waals surface area contributed by atoms with Crippen molar-refractivity contribution in [1.82, 2.24) is 10.4 Å². The molecule has 0 radical (unpaired) electrons. The van der Waals surface area contributed by atoms with Gasteiger partial charge in [-0.3, -0.25) is 20.3 Å². The number of hydrogen-bond donors (Lipinski definition) is 1. The summed E-state index contributed by atoms with van der Waals surface area (Å²) < 4.78 is 41.5. The smallest absolute Gasteiger partial charge is 0.287 e. The number of rotatable bonds is 3. The number of nitrogens with one attached hydrogen (secondary N) is 1. The van der Waals surface area contributed by atoms with Gasteiger partial charge in [-0.15, -0.1) is 0 Å². The minimum absolute atomic E-state index is 0.0569. The molecule has 6 nitrogen and oxygen atoms in total. The molecule has 1 fully saturated rings. The van der Waals surface area contributed by atoms with Crippen molar-refractivity contribution in [3.05, 3.63) is 52.1 Å². The Bertz CT molecular complexity index is 896. The van der Waals surface area contributed by atoms with E-state index in [1.807, 2.05) is 0 Å². The first-order chi connectivity index (χ1) is 12.0. The minimum Gasteiger partial charge on any atom is -0.287 e. The highest BCUT2D eigenvalue weighted by Crippen LogP contribution is 2.43. The van der Waals surface area contributed by atoms with Crippen LogP contribution in [0.25, 0.3) is 10.8 Å².